The Labute approximate surface area is 157 Å². The van der Waals surface area contributed by atoms with Crippen LogP contribution in [0, 0.1) is 5.92 Å². The van der Waals surface area contributed by atoms with Crippen LogP contribution in [-0.2, 0) is 6.42 Å². The number of nitrogens with zero attached hydrogens (tertiary/aromatic N) is 2. The molecule has 25 heavy (non-hydrogen) atoms. The number of benzene rings is 1. The number of rotatable bonds is 7. The number of hydrogen-bond donors (Lipinski definition) is 1. The lowest BCUT2D eigenvalue weighted by atomic mass is 10.1. The van der Waals surface area contributed by atoms with E-state index in [1.165, 1.54) is 5.56 Å². The summed E-state index contributed by atoms with van der Waals surface area (Å²) in [5.41, 5.74) is 3.41. The number of aromatic nitrogens is 1. The molecule has 1 heterocycles. The van der Waals surface area contributed by atoms with Gasteiger partial charge in [-0.2, -0.15) is 0 Å². The smallest absolute Gasteiger partial charge is 0.173 e. The van der Waals surface area contributed by atoms with E-state index in [0.717, 1.165) is 35.9 Å². The van der Waals surface area contributed by atoms with Crippen molar-refractivity contribution in [1.29, 1.82) is 0 Å². The van der Waals surface area contributed by atoms with Crippen LogP contribution in [0.15, 0.2) is 48.7 Å². The SMILES string of the molecule is CCc1ccccc1NC(=S)N(CCC(C)C)C(C)c1ccccn1. The summed E-state index contributed by atoms with van der Waals surface area (Å²) in [5.74, 6) is 0.629. The van der Waals surface area contributed by atoms with Crippen molar-refractivity contribution in [1.82, 2.24) is 9.88 Å². The monoisotopic (exact) mass is 355 g/mol. The molecule has 1 aromatic heterocycles. The third kappa shape index (κ3) is 5.53. The van der Waals surface area contributed by atoms with Crippen LogP contribution in [0.2, 0.25) is 0 Å². The number of aryl methyl sites for hydroxylation is 1. The molecular weight excluding hydrogens is 326 g/mol. The largest absolute Gasteiger partial charge is 0.341 e. The molecule has 0 amide bonds. The molecule has 4 heteroatoms. The summed E-state index contributed by atoms with van der Waals surface area (Å²) in [5, 5.41) is 4.23. The highest BCUT2D eigenvalue weighted by atomic mass is 32.1. The van der Waals surface area contributed by atoms with E-state index in [1.807, 2.05) is 24.4 Å². The number of nitrogens with one attached hydrogen (secondary N) is 1. The van der Waals surface area contributed by atoms with Crippen molar-refractivity contribution in [3.8, 4) is 0 Å². The van der Waals surface area contributed by atoms with Gasteiger partial charge in [-0.25, -0.2) is 0 Å². The summed E-state index contributed by atoms with van der Waals surface area (Å²) in [6, 6.07) is 14.5. The molecule has 3 nitrogen and oxygen atoms in total. The zero-order valence-corrected chi connectivity index (χ0v) is 16.5. The molecule has 0 saturated carbocycles. The zero-order chi connectivity index (χ0) is 18.2. The second-order valence-electron chi connectivity index (χ2n) is 6.75. The quantitative estimate of drug-likeness (QED) is 0.669. The number of thiocarbonyl (C=S) groups is 1. The first kappa shape index (κ1) is 19.4. The maximum absolute atomic E-state index is 5.78. The molecule has 0 radical (unpaired) electrons. The molecule has 1 unspecified atom stereocenters. The fraction of sp³-hybridized carbons (Fsp3) is 0.429. The molecule has 2 rings (SSSR count). The van der Waals surface area contributed by atoms with Crippen LogP contribution in [0.25, 0.3) is 0 Å². The first-order valence-corrected chi connectivity index (χ1v) is 9.50. The van der Waals surface area contributed by atoms with E-state index >= 15 is 0 Å². The molecule has 1 atom stereocenters. The lowest BCUT2D eigenvalue weighted by Crippen LogP contribution is -2.38. The van der Waals surface area contributed by atoms with Crippen molar-refractivity contribution in [3.05, 3.63) is 59.9 Å². The minimum atomic E-state index is 0.133. The summed E-state index contributed by atoms with van der Waals surface area (Å²) < 4.78 is 0. The molecule has 0 saturated heterocycles. The minimum absolute atomic E-state index is 0.133. The summed E-state index contributed by atoms with van der Waals surface area (Å²) in [4.78, 5) is 6.77. The van der Waals surface area contributed by atoms with Crippen molar-refractivity contribution in [3.63, 3.8) is 0 Å². The minimum Gasteiger partial charge on any atom is -0.341 e. The standard InChI is InChI=1S/C21H29N3S/c1-5-18-10-6-7-12-20(18)23-21(25)24(15-13-16(2)3)17(4)19-11-8-9-14-22-19/h6-12,14,16-17H,5,13,15H2,1-4H3,(H,23,25). The Morgan fingerprint density at radius 3 is 2.48 bits per heavy atom. The fourth-order valence-corrected chi connectivity index (χ4v) is 3.15. The average Bonchev–Trinajstić information content (AvgIpc) is 2.62. The number of para-hydroxylation sites is 1. The van der Waals surface area contributed by atoms with Crippen molar-refractivity contribution >= 4 is 23.0 Å². The zero-order valence-electron chi connectivity index (χ0n) is 15.7. The van der Waals surface area contributed by atoms with Gasteiger partial charge in [0.05, 0.1) is 11.7 Å². The first-order valence-electron chi connectivity index (χ1n) is 9.09. The summed E-state index contributed by atoms with van der Waals surface area (Å²) in [6.45, 7) is 9.73. The van der Waals surface area contributed by atoms with Gasteiger partial charge in [-0.15, -0.1) is 0 Å². The average molecular weight is 356 g/mol. The molecule has 0 spiro atoms. The Hall–Kier alpha value is -1.94. The Kier molecular flexibility index (Phi) is 7.38. The third-order valence-electron chi connectivity index (χ3n) is 4.43. The molecule has 0 aliphatic heterocycles. The summed E-state index contributed by atoms with van der Waals surface area (Å²) in [7, 11) is 0. The van der Waals surface area contributed by atoms with Crippen molar-refractivity contribution < 1.29 is 0 Å². The second-order valence-corrected chi connectivity index (χ2v) is 7.13. The van der Waals surface area contributed by atoms with E-state index in [0.29, 0.717) is 5.92 Å². The van der Waals surface area contributed by atoms with Gasteiger partial charge in [0.15, 0.2) is 5.11 Å². The summed E-state index contributed by atoms with van der Waals surface area (Å²) >= 11 is 5.78. The molecule has 0 aliphatic carbocycles. The van der Waals surface area contributed by atoms with Crippen LogP contribution in [-0.4, -0.2) is 21.5 Å². The Morgan fingerprint density at radius 2 is 1.84 bits per heavy atom. The predicted octanol–water partition coefficient (Wildman–Crippen LogP) is 5.45. The highest BCUT2D eigenvalue weighted by Gasteiger charge is 2.20. The van der Waals surface area contributed by atoms with E-state index < -0.39 is 0 Å². The van der Waals surface area contributed by atoms with E-state index in [1.54, 1.807) is 0 Å². The fourth-order valence-electron chi connectivity index (χ4n) is 2.79. The predicted molar refractivity (Wildman–Crippen MR) is 111 cm³/mol. The first-order chi connectivity index (χ1) is 12.0. The number of pyridine rings is 1. The van der Waals surface area contributed by atoms with Crippen molar-refractivity contribution in [2.75, 3.05) is 11.9 Å². The van der Waals surface area contributed by atoms with Gasteiger partial charge < -0.3 is 10.2 Å². The van der Waals surface area contributed by atoms with E-state index in [-0.39, 0.29) is 6.04 Å². The van der Waals surface area contributed by atoms with Gasteiger partial charge in [-0.1, -0.05) is 45.0 Å². The molecule has 0 fully saturated rings. The Bertz CT molecular complexity index is 670. The lowest BCUT2D eigenvalue weighted by Gasteiger charge is -2.32. The van der Waals surface area contributed by atoms with Crippen LogP contribution >= 0.6 is 12.2 Å². The van der Waals surface area contributed by atoms with Crippen LogP contribution in [0.5, 0.6) is 0 Å². The maximum Gasteiger partial charge on any atom is 0.173 e. The van der Waals surface area contributed by atoms with E-state index in [9.17, 15) is 0 Å². The maximum atomic E-state index is 5.78. The second kappa shape index (κ2) is 9.52. The van der Waals surface area contributed by atoms with Crippen molar-refractivity contribution in [2.45, 2.75) is 46.6 Å². The van der Waals surface area contributed by atoms with Crippen LogP contribution in [0.1, 0.15) is 51.4 Å². The molecule has 0 bridgehead atoms. The number of hydrogen-bond acceptors (Lipinski definition) is 2. The van der Waals surface area contributed by atoms with Crippen LogP contribution in [0.4, 0.5) is 5.69 Å². The van der Waals surface area contributed by atoms with E-state index in [4.69, 9.17) is 12.2 Å². The van der Waals surface area contributed by atoms with Gasteiger partial charge in [0.2, 0.25) is 0 Å². The van der Waals surface area contributed by atoms with E-state index in [2.05, 4.69) is 67.2 Å². The molecule has 2 aromatic rings. The normalized spacial score (nSPS) is 12.0. The Morgan fingerprint density at radius 1 is 1.12 bits per heavy atom. The van der Waals surface area contributed by atoms with Crippen LogP contribution < -0.4 is 5.32 Å². The molecule has 1 N–H and O–H groups in total. The van der Waals surface area contributed by atoms with Gasteiger partial charge in [0, 0.05) is 18.4 Å². The summed E-state index contributed by atoms with van der Waals surface area (Å²) in [6.07, 6.45) is 3.91. The van der Waals surface area contributed by atoms with Gasteiger partial charge in [-0.3, -0.25) is 4.98 Å². The Balaban J connectivity index is 2.20. The number of anilines is 1. The molecule has 134 valence electrons. The molecular formula is C21H29N3S. The third-order valence-corrected chi connectivity index (χ3v) is 4.77. The van der Waals surface area contributed by atoms with Gasteiger partial charge in [-0.05, 0) is 61.7 Å². The highest BCUT2D eigenvalue weighted by Crippen LogP contribution is 2.22. The topological polar surface area (TPSA) is 28.2 Å². The van der Waals surface area contributed by atoms with Crippen LogP contribution in [0.3, 0.4) is 0 Å². The highest BCUT2D eigenvalue weighted by molar-refractivity contribution is 7.80. The molecule has 1 aromatic carbocycles. The molecule has 0 aliphatic rings. The van der Waals surface area contributed by atoms with Crippen molar-refractivity contribution in [2.24, 2.45) is 5.92 Å². The van der Waals surface area contributed by atoms with Gasteiger partial charge in [0.25, 0.3) is 0 Å². The lowest BCUT2D eigenvalue weighted by molar-refractivity contribution is 0.313. The van der Waals surface area contributed by atoms with Gasteiger partial charge >= 0.3 is 0 Å². The van der Waals surface area contributed by atoms with Gasteiger partial charge in [0.1, 0.15) is 0 Å².